The molecule has 0 spiro atoms. The molecule has 82 valence electrons. The summed E-state index contributed by atoms with van der Waals surface area (Å²) < 4.78 is 0. The van der Waals surface area contributed by atoms with Gasteiger partial charge < -0.3 is 10.4 Å². The van der Waals surface area contributed by atoms with Crippen LogP contribution in [0.5, 0.6) is 0 Å². The van der Waals surface area contributed by atoms with Gasteiger partial charge in [-0.15, -0.1) is 0 Å². The molecular formula is C10H10ClN4P. The second kappa shape index (κ2) is 5.10. The lowest BCUT2D eigenvalue weighted by atomic mass is 10.3. The molecule has 2 aromatic rings. The van der Waals surface area contributed by atoms with E-state index in [-0.39, 0.29) is 5.28 Å². The molecule has 1 aromatic heterocycles. The van der Waals surface area contributed by atoms with Crippen molar-refractivity contribution < 1.29 is 0 Å². The topological polar surface area (TPSA) is 49.8 Å². The van der Waals surface area contributed by atoms with Crippen LogP contribution in [0.25, 0.3) is 0 Å². The van der Waals surface area contributed by atoms with Crippen molar-refractivity contribution in [2.75, 3.05) is 10.4 Å². The summed E-state index contributed by atoms with van der Waals surface area (Å²) in [6.45, 7) is 0. The molecule has 1 unspecified atom stereocenters. The van der Waals surface area contributed by atoms with E-state index in [2.05, 4.69) is 29.8 Å². The highest BCUT2D eigenvalue weighted by molar-refractivity contribution is 7.18. The summed E-state index contributed by atoms with van der Waals surface area (Å²) in [4.78, 5) is 7.84. The fourth-order valence-corrected chi connectivity index (χ4v) is 1.54. The SMILES string of the molecule is PNc1ccc(Nc2ccnc(Cl)n2)cc1. The number of halogens is 1. The number of rotatable bonds is 3. The largest absolute Gasteiger partial charge is 0.369 e. The van der Waals surface area contributed by atoms with Crippen molar-refractivity contribution in [2.45, 2.75) is 0 Å². The summed E-state index contributed by atoms with van der Waals surface area (Å²) >= 11 is 5.68. The average molecular weight is 253 g/mol. The molecule has 1 aromatic carbocycles. The predicted octanol–water partition coefficient (Wildman–Crippen LogP) is 3.08. The molecule has 6 heteroatoms. The summed E-state index contributed by atoms with van der Waals surface area (Å²) in [6, 6.07) is 9.56. The number of aromatic nitrogens is 2. The van der Waals surface area contributed by atoms with Crippen molar-refractivity contribution in [2.24, 2.45) is 0 Å². The number of anilines is 3. The summed E-state index contributed by atoms with van der Waals surface area (Å²) in [7, 11) is 2.45. The third-order valence-corrected chi connectivity index (χ3v) is 2.47. The van der Waals surface area contributed by atoms with Crippen LogP contribution in [0, 0.1) is 0 Å². The molecule has 0 aliphatic rings. The molecule has 2 N–H and O–H groups in total. The lowest BCUT2D eigenvalue weighted by Crippen LogP contribution is -1.94. The highest BCUT2D eigenvalue weighted by atomic mass is 35.5. The first-order chi connectivity index (χ1) is 7.78. The molecule has 2 rings (SSSR count). The Balaban J connectivity index is 2.14. The van der Waals surface area contributed by atoms with Crippen LogP contribution >= 0.6 is 21.0 Å². The molecule has 16 heavy (non-hydrogen) atoms. The number of hydrogen-bond donors (Lipinski definition) is 2. The van der Waals surface area contributed by atoms with Gasteiger partial charge in [0.05, 0.1) is 0 Å². The summed E-state index contributed by atoms with van der Waals surface area (Å²) in [5.41, 5.74) is 1.97. The van der Waals surface area contributed by atoms with Crippen molar-refractivity contribution in [3.8, 4) is 0 Å². The second-order valence-electron chi connectivity index (χ2n) is 3.06. The number of benzene rings is 1. The minimum Gasteiger partial charge on any atom is -0.369 e. The molecule has 0 saturated carbocycles. The van der Waals surface area contributed by atoms with Gasteiger partial charge in [0.2, 0.25) is 5.28 Å². The second-order valence-corrected chi connectivity index (χ2v) is 3.68. The van der Waals surface area contributed by atoms with Crippen molar-refractivity contribution in [1.82, 2.24) is 9.97 Å². The number of hydrogen-bond acceptors (Lipinski definition) is 4. The Kier molecular flexibility index (Phi) is 3.54. The molecule has 4 nitrogen and oxygen atoms in total. The Bertz CT molecular complexity index is 475. The Morgan fingerprint density at radius 1 is 1.06 bits per heavy atom. The zero-order valence-electron chi connectivity index (χ0n) is 8.31. The molecule has 0 radical (unpaired) electrons. The normalized spacial score (nSPS) is 9.88. The van der Waals surface area contributed by atoms with Crippen LogP contribution in [0.3, 0.4) is 0 Å². The van der Waals surface area contributed by atoms with E-state index in [1.54, 1.807) is 12.3 Å². The summed E-state index contributed by atoms with van der Waals surface area (Å²) in [5, 5.41) is 6.33. The van der Waals surface area contributed by atoms with Crippen LogP contribution in [-0.2, 0) is 0 Å². The lowest BCUT2D eigenvalue weighted by Gasteiger charge is -2.06. The maximum atomic E-state index is 5.68. The van der Waals surface area contributed by atoms with E-state index in [9.17, 15) is 0 Å². The van der Waals surface area contributed by atoms with E-state index in [0.717, 1.165) is 11.4 Å². The van der Waals surface area contributed by atoms with Gasteiger partial charge in [-0.1, -0.05) is 0 Å². The Hall–Kier alpha value is -1.38. The van der Waals surface area contributed by atoms with E-state index in [1.165, 1.54) is 0 Å². The van der Waals surface area contributed by atoms with Gasteiger partial charge in [-0.3, -0.25) is 0 Å². The molecule has 0 amide bonds. The number of nitrogens with zero attached hydrogens (tertiary/aromatic N) is 2. The van der Waals surface area contributed by atoms with E-state index >= 15 is 0 Å². The number of nitrogens with one attached hydrogen (secondary N) is 2. The predicted molar refractivity (Wildman–Crippen MR) is 70.1 cm³/mol. The molecular weight excluding hydrogens is 243 g/mol. The van der Waals surface area contributed by atoms with Gasteiger partial charge in [-0.05, 0) is 51.3 Å². The minimum absolute atomic E-state index is 0.230. The third kappa shape index (κ3) is 2.81. The molecule has 0 saturated heterocycles. The monoisotopic (exact) mass is 252 g/mol. The Morgan fingerprint density at radius 2 is 1.75 bits per heavy atom. The third-order valence-electron chi connectivity index (χ3n) is 1.95. The zero-order chi connectivity index (χ0) is 11.4. The summed E-state index contributed by atoms with van der Waals surface area (Å²) in [5.74, 6) is 0.673. The van der Waals surface area contributed by atoms with Crippen molar-refractivity contribution in [1.29, 1.82) is 0 Å². The van der Waals surface area contributed by atoms with Crippen LogP contribution in [0.2, 0.25) is 5.28 Å². The zero-order valence-corrected chi connectivity index (χ0v) is 10.2. The molecule has 0 fully saturated rings. The van der Waals surface area contributed by atoms with E-state index < -0.39 is 0 Å². The maximum absolute atomic E-state index is 5.68. The van der Waals surface area contributed by atoms with Gasteiger partial charge in [0, 0.05) is 17.6 Å². The van der Waals surface area contributed by atoms with Crippen LogP contribution in [0.1, 0.15) is 0 Å². The first-order valence-electron chi connectivity index (χ1n) is 4.60. The van der Waals surface area contributed by atoms with E-state index in [4.69, 9.17) is 11.6 Å². The average Bonchev–Trinajstić information content (AvgIpc) is 2.30. The molecule has 0 aliphatic carbocycles. The highest BCUT2D eigenvalue weighted by Crippen LogP contribution is 2.18. The smallest absolute Gasteiger partial charge is 0.224 e. The van der Waals surface area contributed by atoms with Gasteiger partial charge in [0.1, 0.15) is 5.82 Å². The van der Waals surface area contributed by atoms with Crippen molar-refractivity contribution in [3.63, 3.8) is 0 Å². The van der Waals surface area contributed by atoms with Crippen LogP contribution < -0.4 is 10.4 Å². The van der Waals surface area contributed by atoms with Crippen molar-refractivity contribution >= 4 is 38.2 Å². The van der Waals surface area contributed by atoms with Gasteiger partial charge in [0.25, 0.3) is 0 Å². The van der Waals surface area contributed by atoms with Crippen molar-refractivity contribution in [3.05, 3.63) is 41.8 Å². The van der Waals surface area contributed by atoms with E-state index in [1.807, 2.05) is 24.3 Å². The van der Waals surface area contributed by atoms with Crippen LogP contribution in [0.15, 0.2) is 36.5 Å². The highest BCUT2D eigenvalue weighted by Gasteiger charge is 1.97. The van der Waals surface area contributed by atoms with E-state index in [0.29, 0.717) is 5.82 Å². The fraction of sp³-hybridized carbons (Fsp3) is 0. The lowest BCUT2D eigenvalue weighted by molar-refractivity contribution is 1.17. The first kappa shape index (κ1) is 11.1. The first-order valence-corrected chi connectivity index (χ1v) is 5.56. The molecule has 1 heterocycles. The molecule has 1 atom stereocenters. The molecule has 0 bridgehead atoms. The van der Waals surface area contributed by atoms with Gasteiger partial charge in [-0.2, -0.15) is 0 Å². The standard InChI is InChI=1S/C10H10ClN4P/c11-10-12-6-5-9(14-10)13-7-1-3-8(15-16)4-2-7/h1-6,15H,16H2,(H,12,13,14). The van der Waals surface area contributed by atoms with Gasteiger partial charge >= 0.3 is 0 Å². The van der Waals surface area contributed by atoms with Crippen LogP contribution in [0.4, 0.5) is 17.2 Å². The summed E-state index contributed by atoms with van der Waals surface area (Å²) in [6.07, 6.45) is 1.61. The maximum Gasteiger partial charge on any atom is 0.224 e. The minimum atomic E-state index is 0.230. The molecule has 0 aliphatic heterocycles. The van der Waals surface area contributed by atoms with Gasteiger partial charge in [-0.25, -0.2) is 9.97 Å². The quantitative estimate of drug-likeness (QED) is 0.651. The Labute approximate surface area is 101 Å². The fourth-order valence-electron chi connectivity index (χ4n) is 1.20. The van der Waals surface area contributed by atoms with Gasteiger partial charge in [0.15, 0.2) is 0 Å². The Morgan fingerprint density at radius 3 is 2.38 bits per heavy atom. The van der Waals surface area contributed by atoms with Crippen LogP contribution in [-0.4, -0.2) is 9.97 Å².